The maximum absolute atomic E-state index is 12.6. The summed E-state index contributed by atoms with van der Waals surface area (Å²) in [5.41, 5.74) is 8.06. The standard InChI is InChI=1S/C25H30N2O7.2ClH/c1-31-22(28)18-14-33-25(34-24(30)20-8-5-11-27-20)21-16(9-10-17(18)21)13-32-23(29)19(26)12-15-6-3-2-4-7-15;;/h2-4,6-7,9,14,17,19-21,25,27H,5,8,10-13,26H2,1H3;2*1H/p-2/t17-,19+,20?,21-,25+;;/m1../s1. The number of benzene rings is 1. The molecule has 1 aliphatic carbocycles. The van der Waals surface area contributed by atoms with Crippen molar-refractivity contribution in [2.24, 2.45) is 17.6 Å². The van der Waals surface area contributed by atoms with Crippen LogP contribution in [-0.4, -0.2) is 56.5 Å². The number of hydrogen-bond donors (Lipinski definition) is 2. The van der Waals surface area contributed by atoms with Gasteiger partial charge in [-0.25, -0.2) is 4.79 Å². The molecule has 5 atom stereocenters. The second-order valence-corrected chi connectivity index (χ2v) is 8.71. The normalized spacial score (nSPS) is 24.9. The van der Waals surface area contributed by atoms with Crippen LogP contribution in [0.1, 0.15) is 24.8 Å². The van der Waals surface area contributed by atoms with E-state index in [9.17, 15) is 14.4 Å². The smallest absolute Gasteiger partial charge is 0.337 e. The first-order chi connectivity index (χ1) is 16.5. The lowest BCUT2D eigenvalue weighted by Gasteiger charge is -2.34. The second-order valence-electron chi connectivity index (χ2n) is 8.71. The highest BCUT2D eigenvalue weighted by Crippen LogP contribution is 2.44. The topological polar surface area (TPSA) is 126 Å². The number of allylic oxidation sites excluding steroid dienone is 1. The van der Waals surface area contributed by atoms with Crippen LogP contribution in [0.15, 0.2) is 53.8 Å². The average Bonchev–Trinajstić information content (AvgIpc) is 3.54. The molecule has 0 aromatic heterocycles. The largest absolute Gasteiger partial charge is 1.00 e. The number of rotatable bonds is 8. The van der Waals surface area contributed by atoms with E-state index in [0.717, 1.165) is 24.1 Å². The molecule has 0 saturated carbocycles. The van der Waals surface area contributed by atoms with Gasteiger partial charge in [-0.1, -0.05) is 36.4 Å². The van der Waals surface area contributed by atoms with Crippen LogP contribution < -0.4 is 35.9 Å². The van der Waals surface area contributed by atoms with Crippen LogP contribution in [0.5, 0.6) is 0 Å². The molecule has 2 aliphatic heterocycles. The fourth-order valence-electron chi connectivity index (χ4n) is 4.69. The lowest BCUT2D eigenvalue weighted by molar-refractivity contribution is -0.185. The van der Waals surface area contributed by atoms with Crippen molar-refractivity contribution in [2.45, 2.75) is 44.1 Å². The van der Waals surface area contributed by atoms with E-state index < -0.39 is 36.2 Å². The Morgan fingerprint density at radius 1 is 1.19 bits per heavy atom. The third-order valence-corrected chi connectivity index (χ3v) is 6.50. The number of methoxy groups -OCH3 is 1. The maximum Gasteiger partial charge on any atom is 0.337 e. The highest BCUT2D eigenvalue weighted by molar-refractivity contribution is 5.89. The first kappa shape index (κ1) is 29.6. The number of carbonyl (C=O) groups excluding carboxylic acids is 3. The zero-order valence-electron chi connectivity index (χ0n) is 19.9. The number of ether oxygens (including phenoxy) is 4. The number of fused-ring (bicyclic) bond motifs is 1. The molecule has 2 heterocycles. The summed E-state index contributed by atoms with van der Waals surface area (Å²) in [4.78, 5) is 37.4. The Hall–Kier alpha value is -2.59. The number of nitrogens with one attached hydrogen (secondary N) is 1. The molecular formula is C25H30Cl2N2O7-2. The third kappa shape index (κ3) is 6.79. The summed E-state index contributed by atoms with van der Waals surface area (Å²) in [5, 5.41) is 3.11. The predicted molar refractivity (Wildman–Crippen MR) is 121 cm³/mol. The molecule has 11 heteroatoms. The van der Waals surface area contributed by atoms with E-state index in [-0.39, 0.29) is 43.4 Å². The van der Waals surface area contributed by atoms with Crippen molar-refractivity contribution in [1.29, 1.82) is 0 Å². The summed E-state index contributed by atoms with van der Waals surface area (Å²) in [6.45, 7) is 0.726. The molecule has 4 rings (SSSR count). The van der Waals surface area contributed by atoms with E-state index in [1.54, 1.807) is 0 Å². The Labute approximate surface area is 222 Å². The first-order valence-corrected chi connectivity index (χ1v) is 11.5. The Bertz CT molecular complexity index is 980. The predicted octanol–water partition coefficient (Wildman–Crippen LogP) is -4.62. The monoisotopic (exact) mass is 540 g/mol. The molecule has 0 bridgehead atoms. The maximum atomic E-state index is 12.6. The molecule has 1 unspecified atom stereocenters. The summed E-state index contributed by atoms with van der Waals surface area (Å²) in [5.74, 6) is -2.21. The van der Waals surface area contributed by atoms with Gasteiger partial charge in [-0.15, -0.1) is 0 Å². The van der Waals surface area contributed by atoms with Crippen LogP contribution in [0.25, 0.3) is 0 Å². The van der Waals surface area contributed by atoms with Gasteiger partial charge in [0.15, 0.2) is 0 Å². The quantitative estimate of drug-likeness (QED) is 0.190. The lowest BCUT2D eigenvalue weighted by atomic mass is 9.83. The highest BCUT2D eigenvalue weighted by atomic mass is 35.5. The van der Waals surface area contributed by atoms with Gasteiger partial charge in [0.1, 0.15) is 18.7 Å². The van der Waals surface area contributed by atoms with Crippen molar-refractivity contribution in [3.63, 3.8) is 0 Å². The van der Waals surface area contributed by atoms with Gasteiger partial charge in [0, 0.05) is 5.92 Å². The summed E-state index contributed by atoms with van der Waals surface area (Å²) >= 11 is 0. The molecule has 36 heavy (non-hydrogen) atoms. The lowest BCUT2D eigenvalue weighted by Crippen LogP contribution is -3.00. The van der Waals surface area contributed by atoms with E-state index >= 15 is 0 Å². The van der Waals surface area contributed by atoms with Crippen LogP contribution in [0.4, 0.5) is 0 Å². The van der Waals surface area contributed by atoms with E-state index in [2.05, 4.69) is 5.32 Å². The van der Waals surface area contributed by atoms with Gasteiger partial charge >= 0.3 is 17.9 Å². The molecular weight excluding hydrogens is 511 g/mol. The Kier molecular flexibility index (Phi) is 11.2. The molecule has 0 amide bonds. The summed E-state index contributed by atoms with van der Waals surface area (Å²) < 4.78 is 21.8. The molecule has 1 fully saturated rings. The van der Waals surface area contributed by atoms with Crippen molar-refractivity contribution >= 4 is 17.9 Å². The minimum absolute atomic E-state index is 0. The number of halogens is 2. The SMILES string of the molecule is COC(=O)C1=CO[C@@H](OC(=O)C2CCCN2)[C@@H]2C(COC(=O)[C@@H](N)Cc3ccccc3)=CC[C@H]12.[Cl-].[Cl-]. The van der Waals surface area contributed by atoms with E-state index in [1.807, 2.05) is 36.4 Å². The number of nitrogens with two attached hydrogens (primary N) is 1. The molecule has 1 saturated heterocycles. The molecule has 3 aliphatic rings. The van der Waals surface area contributed by atoms with Crippen LogP contribution in [0, 0.1) is 11.8 Å². The van der Waals surface area contributed by atoms with Crippen LogP contribution in [0.3, 0.4) is 0 Å². The molecule has 0 spiro atoms. The Morgan fingerprint density at radius 2 is 1.94 bits per heavy atom. The fourth-order valence-corrected chi connectivity index (χ4v) is 4.69. The molecule has 0 radical (unpaired) electrons. The zero-order chi connectivity index (χ0) is 24.1. The van der Waals surface area contributed by atoms with Crippen molar-refractivity contribution < 1.29 is 58.1 Å². The van der Waals surface area contributed by atoms with Crippen LogP contribution in [-0.2, 0) is 39.8 Å². The minimum Gasteiger partial charge on any atom is -1.00 e. The van der Waals surface area contributed by atoms with Crippen LogP contribution in [0.2, 0.25) is 0 Å². The van der Waals surface area contributed by atoms with Gasteiger partial charge in [-0.05, 0) is 43.4 Å². The van der Waals surface area contributed by atoms with Crippen molar-refractivity contribution in [2.75, 3.05) is 20.3 Å². The molecule has 1 aromatic carbocycles. The zero-order valence-corrected chi connectivity index (χ0v) is 21.4. The molecule has 9 nitrogen and oxygen atoms in total. The fraction of sp³-hybridized carbons (Fsp3) is 0.480. The van der Waals surface area contributed by atoms with Gasteiger partial charge in [-0.3, -0.25) is 9.59 Å². The first-order valence-electron chi connectivity index (χ1n) is 11.5. The minimum atomic E-state index is -0.932. The van der Waals surface area contributed by atoms with Gasteiger partial charge < -0.3 is 54.8 Å². The van der Waals surface area contributed by atoms with Crippen molar-refractivity contribution in [3.8, 4) is 0 Å². The molecule has 198 valence electrons. The van der Waals surface area contributed by atoms with Crippen molar-refractivity contribution in [1.82, 2.24) is 5.32 Å². The van der Waals surface area contributed by atoms with Crippen molar-refractivity contribution in [3.05, 3.63) is 59.4 Å². The second kappa shape index (κ2) is 13.6. The third-order valence-electron chi connectivity index (χ3n) is 6.50. The number of hydrogen-bond acceptors (Lipinski definition) is 9. The van der Waals surface area contributed by atoms with E-state index in [4.69, 9.17) is 24.7 Å². The van der Waals surface area contributed by atoms with E-state index in [1.165, 1.54) is 13.4 Å². The number of esters is 3. The summed E-state index contributed by atoms with van der Waals surface area (Å²) in [7, 11) is 1.30. The van der Waals surface area contributed by atoms with Gasteiger partial charge in [-0.2, -0.15) is 0 Å². The van der Waals surface area contributed by atoms with Gasteiger partial charge in [0.05, 0.1) is 24.9 Å². The number of carbonyl (C=O) groups is 3. The van der Waals surface area contributed by atoms with Crippen LogP contribution >= 0.6 is 0 Å². The average molecular weight is 541 g/mol. The van der Waals surface area contributed by atoms with Gasteiger partial charge in [0.25, 0.3) is 6.29 Å². The molecule has 1 aromatic rings. The highest BCUT2D eigenvalue weighted by Gasteiger charge is 2.47. The van der Waals surface area contributed by atoms with E-state index in [0.29, 0.717) is 24.8 Å². The molecule has 3 N–H and O–H groups in total. The summed E-state index contributed by atoms with van der Waals surface area (Å²) in [6.07, 6.45) is 4.73. The Morgan fingerprint density at radius 3 is 2.61 bits per heavy atom. The summed E-state index contributed by atoms with van der Waals surface area (Å²) in [6, 6.07) is 8.27. The Balaban J connectivity index is 0.00000228. The van der Waals surface area contributed by atoms with Gasteiger partial charge in [0.2, 0.25) is 0 Å².